The van der Waals surface area contributed by atoms with Crippen molar-refractivity contribution in [3.63, 3.8) is 0 Å². The second-order valence-corrected chi connectivity index (χ2v) is 7.41. The highest BCUT2D eigenvalue weighted by Gasteiger charge is 2.16. The molecule has 0 amide bonds. The molecular formula is C24H26F2O4. The average Bonchev–Trinajstić information content (AvgIpc) is 2.66. The highest BCUT2D eigenvalue weighted by molar-refractivity contribution is 5.83. The number of aliphatic hydroxyl groups excluding tert-OH is 2. The molecule has 3 N–H and O–H groups in total. The molecule has 0 spiro atoms. The van der Waals surface area contributed by atoms with E-state index in [0.717, 1.165) is 22.3 Å². The van der Waals surface area contributed by atoms with Crippen molar-refractivity contribution in [3.8, 4) is 0 Å². The number of aliphatic carboxylic acids is 1. The molecule has 160 valence electrons. The minimum absolute atomic E-state index is 0.00231. The van der Waals surface area contributed by atoms with Gasteiger partial charge in [0.25, 0.3) is 0 Å². The van der Waals surface area contributed by atoms with E-state index in [1.54, 1.807) is 30.3 Å². The molecule has 0 fully saturated rings. The molecule has 0 heterocycles. The van der Waals surface area contributed by atoms with Crippen LogP contribution in [0.4, 0.5) is 8.78 Å². The molecule has 2 atom stereocenters. The van der Waals surface area contributed by atoms with Crippen LogP contribution in [0.3, 0.4) is 0 Å². The predicted octanol–water partition coefficient (Wildman–Crippen LogP) is 4.57. The first kappa shape index (κ1) is 23.4. The molecule has 6 heteroatoms. The lowest BCUT2D eigenvalue weighted by molar-refractivity contribution is -0.139. The molecule has 30 heavy (non-hydrogen) atoms. The van der Waals surface area contributed by atoms with Gasteiger partial charge in [0.1, 0.15) is 11.6 Å². The second kappa shape index (κ2) is 10.8. The number of halogens is 2. The average molecular weight is 416 g/mol. The topological polar surface area (TPSA) is 77.8 Å². The van der Waals surface area contributed by atoms with E-state index in [1.165, 1.54) is 30.3 Å². The lowest BCUT2D eigenvalue weighted by Gasteiger charge is -2.18. The summed E-state index contributed by atoms with van der Waals surface area (Å²) < 4.78 is 26.9. The molecule has 0 unspecified atom stereocenters. The molecule has 0 aliphatic carbocycles. The fourth-order valence-electron chi connectivity index (χ4n) is 3.15. The lowest BCUT2D eigenvalue weighted by atomic mass is 9.87. The molecule has 2 rings (SSSR count). The van der Waals surface area contributed by atoms with Crippen LogP contribution >= 0.6 is 0 Å². The summed E-state index contributed by atoms with van der Waals surface area (Å²) in [4.78, 5) is 10.7. The highest BCUT2D eigenvalue weighted by Crippen LogP contribution is 2.32. The van der Waals surface area contributed by atoms with E-state index in [-0.39, 0.29) is 24.0 Å². The lowest BCUT2D eigenvalue weighted by Crippen LogP contribution is -2.19. The Morgan fingerprint density at radius 2 is 1.40 bits per heavy atom. The Labute approximate surface area is 174 Å². The normalized spacial score (nSPS) is 13.4. The van der Waals surface area contributed by atoms with Gasteiger partial charge in [0, 0.05) is 6.42 Å². The van der Waals surface area contributed by atoms with Crippen molar-refractivity contribution in [3.05, 3.63) is 89.0 Å². The molecule has 2 aromatic carbocycles. The van der Waals surface area contributed by atoms with Crippen molar-refractivity contribution < 1.29 is 28.9 Å². The molecule has 0 bridgehead atoms. The molecule has 0 radical (unpaired) electrons. The third-order valence-corrected chi connectivity index (χ3v) is 4.60. The summed E-state index contributed by atoms with van der Waals surface area (Å²) in [6.07, 6.45) is 0.432. The maximum absolute atomic E-state index is 13.5. The van der Waals surface area contributed by atoms with Crippen LogP contribution in [0.1, 0.15) is 37.8 Å². The smallest absolute Gasteiger partial charge is 0.305 e. The van der Waals surface area contributed by atoms with Gasteiger partial charge >= 0.3 is 5.97 Å². The number of carboxylic acids is 1. The summed E-state index contributed by atoms with van der Waals surface area (Å²) in [5.74, 6) is -1.89. The van der Waals surface area contributed by atoms with Gasteiger partial charge in [0.05, 0.1) is 18.6 Å². The van der Waals surface area contributed by atoms with Gasteiger partial charge in [-0.15, -0.1) is 0 Å². The van der Waals surface area contributed by atoms with Crippen molar-refractivity contribution in [1.82, 2.24) is 0 Å². The minimum Gasteiger partial charge on any atom is -0.481 e. The zero-order valence-corrected chi connectivity index (χ0v) is 16.9. The van der Waals surface area contributed by atoms with Gasteiger partial charge in [-0.25, -0.2) is 8.78 Å². The third-order valence-electron chi connectivity index (χ3n) is 4.60. The van der Waals surface area contributed by atoms with Crippen LogP contribution in [0.5, 0.6) is 0 Å². The van der Waals surface area contributed by atoms with E-state index in [2.05, 4.69) is 0 Å². The Hall–Kier alpha value is -2.83. The quantitative estimate of drug-likeness (QED) is 0.524. The Bertz CT molecular complexity index is 852. The minimum atomic E-state index is -1.16. The summed E-state index contributed by atoms with van der Waals surface area (Å²) >= 11 is 0. The summed E-state index contributed by atoms with van der Waals surface area (Å²) in [6, 6.07) is 11.9. The van der Waals surface area contributed by atoms with Gasteiger partial charge in [0.15, 0.2) is 0 Å². The van der Waals surface area contributed by atoms with Crippen LogP contribution in [-0.4, -0.2) is 33.5 Å². The zero-order valence-electron chi connectivity index (χ0n) is 16.9. The number of carbonyl (C=O) groups is 1. The van der Waals surface area contributed by atoms with Crippen molar-refractivity contribution in [2.24, 2.45) is 5.92 Å². The molecule has 2 aromatic rings. The van der Waals surface area contributed by atoms with Crippen LogP contribution in [0.25, 0.3) is 5.57 Å². The first-order valence-electron chi connectivity index (χ1n) is 9.69. The van der Waals surface area contributed by atoms with Gasteiger partial charge in [0.2, 0.25) is 0 Å². The van der Waals surface area contributed by atoms with Gasteiger partial charge in [-0.3, -0.25) is 4.79 Å². The van der Waals surface area contributed by atoms with E-state index in [9.17, 15) is 23.8 Å². The van der Waals surface area contributed by atoms with E-state index in [4.69, 9.17) is 5.11 Å². The van der Waals surface area contributed by atoms with E-state index in [1.807, 2.05) is 13.8 Å². The first-order chi connectivity index (χ1) is 14.2. The van der Waals surface area contributed by atoms with Crippen molar-refractivity contribution in [2.45, 2.75) is 38.9 Å². The van der Waals surface area contributed by atoms with Gasteiger partial charge < -0.3 is 15.3 Å². The van der Waals surface area contributed by atoms with Crippen LogP contribution in [0.2, 0.25) is 0 Å². The van der Waals surface area contributed by atoms with Gasteiger partial charge in [-0.1, -0.05) is 50.3 Å². The monoisotopic (exact) mass is 416 g/mol. The second-order valence-electron chi connectivity index (χ2n) is 7.41. The Balaban J connectivity index is 2.47. The van der Waals surface area contributed by atoms with Crippen molar-refractivity contribution in [1.29, 1.82) is 0 Å². The molecular weight excluding hydrogens is 390 g/mol. The summed E-state index contributed by atoms with van der Waals surface area (Å²) in [7, 11) is 0. The Morgan fingerprint density at radius 3 is 1.80 bits per heavy atom. The van der Waals surface area contributed by atoms with Gasteiger partial charge in [-0.2, -0.15) is 0 Å². The Morgan fingerprint density at radius 1 is 0.933 bits per heavy atom. The Kier molecular flexibility index (Phi) is 8.45. The largest absolute Gasteiger partial charge is 0.481 e. The number of carboxylic acid groups (broad SMARTS) is 1. The molecule has 0 saturated heterocycles. The standard InChI is InChI=1S/C24H26F2O4/c1-15(2)22(12-11-20(27)13-21(28)14-23(29)30)24(16-3-7-18(25)8-4-16)17-5-9-19(26)10-6-17/h3-12,15,20-21,27-28H,13-14H2,1-2H3,(H,29,30)/t20-,21-/m1/s1. The summed E-state index contributed by atoms with van der Waals surface area (Å²) in [6.45, 7) is 3.91. The maximum atomic E-state index is 13.5. The predicted molar refractivity (Wildman–Crippen MR) is 112 cm³/mol. The molecule has 0 aromatic heterocycles. The number of rotatable bonds is 9. The fraction of sp³-hybridized carbons (Fsp3) is 0.292. The van der Waals surface area contributed by atoms with E-state index < -0.39 is 24.6 Å². The van der Waals surface area contributed by atoms with E-state index in [0.29, 0.717) is 0 Å². The van der Waals surface area contributed by atoms with Crippen LogP contribution < -0.4 is 0 Å². The fourth-order valence-corrected chi connectivity index (χ4v) is 3.15. The number of aliphatic hydroxyl groups is 2. The molecule has 0 aliphatic heterocycles. The van der Waals surface area contributed by atoms with Crippen LogP contribution in [-0.2, 0) is 4.79 Å². The van der Waals surface area contributed by atoms with Gasteiger partial charge in [-0.05, 0) is 52.5 Å². The number of hydrogen-bond donors (Lipinski definition) is 3. The number of allylic oxidation sites excluding steroid dienone is 2. The van der Waals surface area contributed by atoms with Crippen molar-refractivity contribution in [2.75, 3.05) is 0 Å². The maximum Gasteiger partial charge on any atom is 0.305 e. The third kappa shape index (κ3) is 6.90. The molecule has 0 aliphatic rings. The highest BCUT2D eigenvalue weighted by atomic mass is 19.1. The van der Waals surface area contributed by atoms with E-state index >= 15 is 0 Å². The van der Waals surface area contributed by atoms with Crippen molar-refractivity contribution >= 4 is 11.5 Å². The molecule has 0 saturated carbocycles. The first-order valence-corrected chi connectivity index (χ1v) is 9.69. The number of hydrogen-bond acceptors (Lipinski definition) is 3. The summed E-state index contributed by atoms with van der Waals surface area (Å²) in [5.41, 5.74) is 3.05. The SMILES string of the molecule is CC(C)C(C=C[C@@H](O)C[C@@H](O)CC(=O)O)=C(c1ccc(F)cc1)c1ccc(F)cc1. The van der Waals surface area contributed by atoms with Crippen LogP contribution in [0, 0.1) is 17.6 Å². The summed E-state index contributed by atoms with van der Waals surface area (Å²) in [5, 5.41) is 28.7. The van der Waals surface area contributed by atoms with Crippen LogP contribution in [0.15, 0.2) is 66.3 Å². The zero-order chi connectivity index (χ0) is 22.3. The number of benzene rings is 2. The molecule has 4 nitrogen and oxygen atoms in total.